The predicted octanol–water partition coefficient (Wildman–Crippen LogP) is 2.67. The average molecular weight is 232 g/mol. The van der Waals surface area contributed by atoms with Crippen LogP contribution in [-0.2, 0) is 13.0 Å². The van der Waals surface area contributed by atoms with E-state index >= 15 is 0 Å². The molecule has 0 atom stereocenters. The maximum Gasteiger partial charge on any atom is 0.142 e. The Hall–Kier alpha value is -1.55. The topological polar surface area (TPSA) is 34.1 Å². The van der Waals surface area contributed by atoms with Crippen LogP contribution in [0, 0.1) is 0 Å². The molecule has 1 aliphatic rings. The van der Waals surface area contributed by atoms with Crippen LogP contribution in [0.3, 0.4) is 0 Å². The van der Waals surface area contributed by atoms with Gasteiger partial charge >= 0.3 is 0 Å². The molecule has 1 aromatic carbocycles. The van der Waals surface area contributed by atoms with Crippen molar-refractivity contribution in [1.29, 1.82) is 0 Å². The monoisotopic (exact) mass is 232 g/mol. The molecule has 16 heavy (non-hydrogen) atoms. The lowest BCUT2D eigenvalue weighted by atomic mass is 10.1. The number of anilines is 1. The Labute approximate surface area is 98.1 Å². The summed E-state index contributed by atoms with van der Waals surface area (Å²) in [6.07, 6.45) is 0.887. The van der Waals surface area contributed by atoms with Crippen molar-refractivity contribution >= 4 is 17.0 Å². The van der Waals surface area contributed by atoms with E-state index in [2.05, 4.69) is 16.4 Å². The summed E-state index contributed by atoms with van der Waals surface area (Å²) in [5.41, 5.74) is 5.46. The molecule has 0 radical (unpaired) electrons. The molecule has 3 nitrogen and oxygen atoms in total. The first-order valence-corrected chi connectivity index (χ1v) is 6.07. The number of ether oxygens (including phenoxy) is 1. The van der Waals surface area contributed by atoms with Crippen molar-refractivity contribution in [3.63, 3.8) is 0 Å². The van der Waals surface area contributed by atoms with E-state index in [4.69, 9.17) is 4.74 Å². The smallest absolute Gasteiger partial charge is 0.142 e. The summed E-state index contributed by atoms with van der Waals surface area (Å²) in [6, 6.07) is 6.13. The number of fused-ring (bicyclic) bond motifs is 2. The highest BCUT2D eigenvalue weighted by Gasteiger charge is 2.17. The van der Waals surface area contributed by atoms with Gasteiger partial charge in [-0.05, 0) is 11.6 Å². The second-order valence-corrected chi connectivity index (χ2v) is 4.69. The van der Waals surface area contributed by atoms with Gasteiger partial charge in [-0.1, -0.05) is 12.1 Å². The van der Waals surface area contributed by atoms with E-state index < -0.39 is 0 Å². The van der Waals surface area contributed by atoms with Gasteiger partial charge < -0.3 is 10.1 Å². The number of para-hydroxylation sites is 1. The fraction of sp³-hybridized carbons (Fsp3) is 0.250. The van der Waals surface area contributed by atoms with Crippen molar-refractivity contribution in [2.45, 2.75) is 13.0 Å². The molecule has 0 bridgehead atoms. The summed E-state index contributed by atoms with van der Waals surface area (Å²) in [4.78, 5) is 5.73. The summed E-state index contributed by atoms with van der Waals surface area (Å²) < 4.78 is 5.36. The van der Waals surface area contributed by atoms with Gasteiger partial charge in [-0.25, -0.2) is 4.98 Å². The minimum atomic E-state index is 0.841. The van der Waals surface area contributed by atoms with Gasteiger partial charge in [0.25, 0.3) is 0 Å². The Morgan fingerprint density at radius 3 is 3.25 bits per heavy atom. The molecule has 0 saturated heterocycles. The lowest BCUT2D eigenvalue weighted by molar-refractivity contribution is 0.416. The molecule has 1 N–H and O–H groups in total. The lowest BCUT2D eigenvalue weighted by Crippen LogP contribution is -2.00. The van der Waals surface area contributed by atoms with Crippen molar-refractivity contribution < 1.29 is 4.74 Å². The molecule has 1 aromatic heterocycles. The summed E-state index contributed by atoms with van der Waals surface area (Å²) in [6.45, 7) is 0.841. The van der Waals surface area contributed by atoms with Gasteiger partial charge in [0.1, 0.15) is 5.75 Å². The lowest BCUT2D eigenvalue weighted by Gasteiger charge is -2.11. The second-order valence-electron chi connectivity index (χ2n) is 3.75. The number of nitrogens with zero attached hydrogens (tertiary/aromatic N) is 1. The van der Waals surface area contributed by atoms with Gasteiger partial charge in [-0.2, -0.15) is 0 Å². The molecule has 82 valence electrons. The number of methoxy groups -OCH3 is 1. The molecular weight excluding hydrogens is 220 g/mol. The van der Waals surface area contributed by atoms with Crippen LogP contribution < -0.4 is 10.1 Å². The van der Waals surface area contributed by atoms with E-state index in [1.54, 1.807) is 18.4 Å². The third-order valence-electron chi connectivity index (χ3n) is 2.84. The van der Waals surface area contributed by atoms with E-state index in [1.807, 2.05) is 17.6 Å². The predicted molar refractivity (Wildman–Crippen MR) is 65.2 cm³/mol. The van der Waals surface area contributed by atoms with Gasteiger partial charge in [0.05, 0.1) is 30.5 Å². The number of benzene rings is 1. The number of hydrogen-bond acceptors (Lipinski definition) is 4. The Balaban J connectivity index is 2.09. The first-order valence-electron chi connectivity index (χ1n) is 5.19. The minimum absolute atomic E-state index is 0.841. The first kappa shape index (κ1) is 9.66. The van der Waals surface area contributed by atoms with Crippen LogP contribution in [0.1, 0.15) is 16.1 Å². The molecule has 0 saturated carbocycles. The molecule has 4 heteroatoms. The van der Waals surface area contributed by atoms with E-state index in [-0.39, 0.29) is 0 Å². The average Bonchev–Trinajstić information content (AvgIpc) is 2.67. The number of aromatic nitrogens is 1. The summed E-state index contributed by atoms with van der Waals surface area (Å²) in [5.74, 6) is 0.910. The largest absolute Gasteiger partial charge is 0.495 e. The van der Waals surface area contributed by atoms with Gasteiger partial charge in [0, 0.05) is 11.3 Å². The van der Waals surface area contributed by atoms with Crippen molar-refractivity contribution in [2.75, 3.05) is 12.4 Å². The highest BCUT2D eigenvalue weighted by molar-refractivity contribution is 7.09. The minimum Gasteiger partial charge on any atom is -0.495 e. The van der Waals surface area contributed by atoms with Gasteiger partial charge in [-0.3, -0.25) is 0 Å². The second kappa shape index (κ2) is 3.79. The zero-order valence-electron chi connectivity index (χ0n) is 8.99. The highest BCUT2D eigenvalue weighted by Crippen LogP contribution is 2.34. The molecule has 2 aromatic rings. The molecule has 1 aliphatic heterocycles. The Morgan fingerprint density at radius 1 is 1.44 bits per heavy atom. The number of hydrogen-bond donors (Lipinski definition) is 1. The molecule has 0 amide bonds. The van der Waals surface area contributed by atoms with Crippen LogP contribution in [0.15, 0.2) is 23.7 Å². The third-order valence-corrected chi connectivity index (χ3v) is 3.72. The fourth-order valence-electron chi connectivity index (χ4n) is 2.03. The Bertz CT molecular complexity index is 521. The van der Waals surface area contributed by atoms with Crippen LogP contribution in [0.5, 0.6) is 5.75 Å². The summed E-state index contributed by atoms with van der Waals surface area (Å²) in [7, 11) is 1.70. The van der Waals surface area contributed by atoms with Crippen molar-refractivity contribution in [1.82, 2.24) is 4.98 Å². The van der Waals surface area contributed by atoms with Crippen LogP contribution in [0.2, 0.25) is 0 Å². The van der Waals surface area contributed by atoms with Crippen LogP contribution in [0.4, 0.5) is 5.69 Å². The first-order chi connectivity index (χ1) is 7.88. The molecular formula is C12H12N2OS. The Kier molecular flexibility index (Phi) is 2.29. The van der Waals surface area contributed by atoms with Crippen molar-refractivity contribution in [3.05, 3.63) is 39.8 Å². The molecule has 3 rings (SSSR count). The quantitative estimate of drug-likeness (QED) is 0.820. The normalized spacial score (nSPS) is 13.3. The zero-order valence-corrected chi connectivity index (χ0v) is 9.80. The summed E-state index contributed by atoms with van der Waals surface area (Å²) in [5, 5.41) is 3.43. The molecule has 0 spiro atoms. The number of rotatable bonds is 1. The van der Waals surface area contributed by atoms with Crippen molar-refractivity contribution in [3.8, 4) is 5.75 Å². The van der Waals surface area contributed by atoms with Gasteiger partial charge in [0.15, 0.2) is 0 Å². The van der Waals surface area contributed by atoms with Gasteiger partial charge in [-0.15, -0.1) is 11.3 Å². The van der Waals surface area contributed by atoms with Gasteiger partial charge in [0.2, 0.25) is 0 Å². The maximum atomic E-state index is 5.36. The summed E-state index contributed by atoms with van der Waals surface area (Å²) >= 11 is 1.71. The zero-order chi connectivity index (χ0) is 11.0. The molecule has 0 fully saturated rings. The highest BCUT2D eigenvalue weighted by atomic mass is 32.1. The van der Waals surface area contributed by atoms with E-state index in [0.29, 0.717) is 0 Å². The fourth-order valence-corrected chi connectivity index (χ4v) is 2.75. The molecule has 2 heterocycles. The molecule has 0 unspecified atom stereocenters. The van der Waals surface area contributed by atoms with E-state index in [9.17, 15) is 0 Å². The van der Waals surface area contributed by atoms with Crippen LogP contribution >= 0.6 is 11.3 Å². The maximum absolute atomic E-state index is 5.36. The number of nitrogens with one attached hydrogen (secondary N) is 1. The molecule has 0 aliphatic carbocycles. The van der Waals surface area contributed by atoms with E-state index in [1.165, 1.54) is 16.1 Å². The standard InChI is InChI=1S/C12H12N2OS/c1-15-10-4-2-3-8-5-9-11(16-7-14-9)6-13-12(8)10/h2-4,7,13H,5-6H2,1H3. The van der Waals surface area contributed by atoms with Crippen molar-refractivity contribution in [2.24, 2.45) is 0 Å². The third kappa shape index (κ3) is 1.46. The van der Waals surface area contributed by atoms with Crippen LogP contribution in [0.25, 0.3) is 0 Å². The van der Waals surface area contributed by atoms with E-state index in [0.717, 1.165) is 24.4 Å². The number of thiazole rings is 1. The Morgan fingerprint density at radius 2 is 2.38 bits per heavy atom. The van der Waals surface area contributed by atoms with Crippen LogP contribution in [-0.4, -0.2) is 12.1 Å². The SMILES string of the molecule is COc1cccc2c1NCc1scnc1C2.